The van der Waals surface area contributed by atoms with Crippen LogP contribution in [-0.4, -0.2) is 40.1 Å². The molecule has 2 N–H and O–H groups in total. The van der Waals surface area contributed by atoms with Crippen LogP contribution >= 0.6 is 11.6 Å². The third-order valence-electron chi connectivity index (χ3n) is 5.91. The van der Waals surface area contributed by atoms with Crippen molar-refractivity contribution in [2.45, 2.75) is 23.5 Å². The average Bonchev–Trinajstić information content (AvgIpc) is 2.84. The molecule has 0 saturated carbocycles. The lowest BCUT2D eigenvalue weighted by atomic mass is 9.97. The molecule has 1 saturated heterocycles. The van der Waals surface area contributed by atoms with Crippen molar-refractivity contribution in [3.05, 3.63) is 89.4 Å². The summed E-state index contributed by atoms with van der Waals surface area (Å²) in [6.07, 6.45) is 0.794. The van der Waals surface area contributed by atoms with Crippen molar-refractivity contribution in [2.75, 3.05) is 23.1 Å². The van der Waals surface area contributed by atoms with Crippen LogP contribution in [-0.2, 0) is 30.6 Å². The van der Waals surface area contributed by atoms with E-state index in [0.29, 0.717) is 34.8 Å². The van der Waals surface area contributed by atoms with Crippen LogP contribution in [0.5, 0.6) is 0 Å². The molecule has 36 heavy (non-hydrogen) atoms. The van der Waals surface area contributed by atoms with Gasteiger partial charge in [-0.1, -0.05) is 41.9 Å². The number of nitrogens with one attached hydrogen (secondary N) is 2. The van der Waals surface area contributed by atoms with Crippen molar-refractivity contribution in [3.8, 4) is 0 Å². The van der Waals surface area contributed by atoms with Crippen LogP contribution in [0.15, 0.2) is 83.8 Å². The second kappa shape index (κ2) is 11.0. The average molecular weight is 548 g/mol. The Kier molecular flexibility index (Phi) is 7.99. The van der Waals surface area contributed by atoms with E-state index in [4.69, 9.17) is 11.6 Å². The summed E-state index contributed by atoms with van der Waals surface area (Å²) < 4.78 is 54.6. The molecule has 0 unspecified atom stereocenters. The number of anilines is 2. The number of halogens is 1. The van der Waals surface area contributed by atoms with E-state index < -0.39 is 20.0 Å². The second-order valence-electron chi connectivity index (χ2n) is 8.54. The van der Waals surface area contributed by atoms with Gasteiger partial charge in [-0.05, 0) is 66.9 Å². The maximum Gasteiger partial charge on any atom is 0.261 e. The smallest absolute Gasteiger partial charge is 0.261 e. The molecule has 3 aromatic carbocycles. The Morgan fingerprint density at radius 1 is 0.861 bits per heavy atom. The third-order valence-corrected chi connectivity index (χ3v) is 9.40. The van der Waals surface area contributed by atoms with Gasteiger partial charge in [-0.15, -0.1) is 0 Å². The van der Waals surface area contributed by atoms with Crippen molar-refractivity contribution in [2.24, 2.45) is 5.92 Å². The van der Waals surface area contributed by atoms with Crippen LogP contribution in [0.3, 0.4) is 0 Å². The van der Waals surface area contributed by atoms with Crippen LogP contribution in [0.2, 0.25) is 5.02 Å². The van der Waals surface area contributed by atoms with Crippen molar-refractivity contribution in [3.63, 3.8) is 0 Å². The zero-order valence-corrected chi connectivity index (χ0v) is 21.7. The molecule has 0 aromatic heterocycles. The third kappa shape index (κ3) is 6.64. The van der Waals surface area contributed by atoms with Crippen molar-refractivity contribution < 1.29 is 21.6 Å². The number of sulfonamides is 2. The minimum atomic E-state index is -3.76. The molecular formula is C25H26ClN3O5S2. The van der Waals surface area contributed by atoms with Gasteiger partial charge in [-0.25, -0.2) is 21.1 Å². The number of carbonyl (C=O) groups excluding carboxylic acids is 1. The van der Waals surface area contributed by atoms with Gasteiger partial charge >= 0.3 is 0 Å². The molecule has 8 nitrogen and oxygen atoms in total. The summed E-state index contributed by atoms with van der Waals surface area (Å²) in [4.78, 5) is 12.8. The number of para-hydroxylation sites is 1. The summed E-state index contributed by atoms with van der Waals surface area (Å²) in [5, 5.41) is 3.29. The first-order valence-electron chi connectivity index (χ1n) is 11.3. The van der Waals surface area contributed by atoms with E-state index in [1.54, 1.807) is 54.6 Å². The molecule has 0 atom stereocenters. The van der Waals surface area contributed by atoms with E-state index in [1.165, 1.54) is 28.6 Å². The highest BCUT2D eigenvalue weighted by atomic mass is 35.5. The maximum atomic E-state index is 12.8. The molecule has 1 amide bonds. The highest BCUT2D eigenvalue weighted by molar-refractivity contribution is 7.92. The minimum Gasteiger partial charge on any atom is -0.326 e. The number of carbonyl (C=O) groups is 1. The Morgan fingerprint density at radius 3 is 2.17 bits per heavy atom. The van der Waals surface area contributed by atoms with E-state index in [-0.39, 0.29) is 35.6 Å². The molecule has 4 rings (SSSR count). The van der Waals surface area contributed by atoms with Crippen LogP contribution in [0.4, 0.5) is 11.4 Å². The summed E-state index contributed by atoms with van der Waals surface area (Å²) in [5.41, 5.74) is 1.54. The van der Waals surface area contributed by atoms with E-state index in [0.717, 1.165) is 0 Å². The van der Waals surface area contributed by atoms with Gasteiger partial charge in [0, 0.05) is 35.4 Å². The fourth-order valence-corrected chi connectivity index (χ4v) is 6.83. The van der Waals surface area contributed by atoms with Gasteiger partial charge in [0.1, 0.15) is 0 Å². The fraction of sp³-hybridized carbons (Fsp3) is 0.240. The molecule has 190 valence electrons. The van der Waals surface area contributed by atoms with Crippen LogP contribution in [0, 0.1) is 5.92 Å². The number of hydrogen-bond acceptors (Lipinski definition) is 5. The first kappa shape index (κ1) is 26.2. The Hall–Kier alpha value is -2.92. The van der Waals surface area contributed by atoms with Gasteiger partial charge in [0.2, 0.25) is 15.9 Å². The van der Waals surface area contributed by atoms with Crippen molar-refractivity contribution >= 4 is 48.9 Å². The second-order valence-corrected chi connectivity index (χ2v) is 12.6. The zero-order valence-electron chi connectivity index (χ0n) is 19.3. The van der Waals surface area contributed by atoms with Gasteiger partial charge in [0.15, 0.2) is 0 Å². The van der Waals surface area contributed by atoms with Gasteiger partial charge in [0.25, 0.3) is 10.0 Å². The summed E-state index contributed by atoms with van der Waals surface area (Å²) in [6, 6.07) is 21.2. The van der Waals surface area contributed by atoms with E-state index in [2.05, 4.69) is 10.0 Å². The number of nitrogens with zero attached hydrogens (tertiary/aromatic N) is 1. The first-order valence-corrected chi connectivity index (χ1v) is 14.8. The van der Waals surface area contributed by atoms with Crippen LogP contribution in [0.25, 0.3) is 0 Å². The predicted molar refractivity (Wildman–Crippen MR) is 141 cm³/mol. The number of hydrogen-bond donors (Lipinski definition) is 2. The number of rotatable bonds is 8. The predicted octanol–water partition coefficient (Wildman–Crippen LogP) is 4.32. The summed E-state index contributed by atoms with van der Waals surface area (Å²) in [6.45, 7) is 0.507. The van der Waals surface area contributed by atoms with Gasteiger partial charge in [-0.3, -0.25) is 9.52 Å². The molecule has 0 radical (unpaired) electrons. The quantitative estimate of drug-likeness (QED) is 0.436. The standard InChI is InChI=1S/C25H26ClN3O5S2/c26-21-6-4-5-19(17-21)18-35(31,32)29-15-13-20(14-16-29)25(30)27-22-9-11-24(12-10-22)36(33,34)28-23-7-2-1-3-8-23/h1-12,17,20,28H,13-16,18H2,(H,27,30). The van der Waals surface area contributed by atoms with E-state index >= 15 is 0 Å². The summed E-state index contributed by atoms with van der Waals surface area (Å²) in [7, 11) is -7.28. The van der Waals surface area contributed by atoms with Gasteiger partial charge in [-0.2, -0.15) is 0 Å². The summed E-state index contributed by atoms with van der Waals surface area (Å²) in [5.74, 6) is -0.704. The lowest BCUT2D eigenvalue weighted by Gasteiger charge is -2.30. The lowest BCUT2D eigenvalue weighted by Crippen LogP contribution is -2.41. The molecule has 1 aliphatic rings. The Morgan fingerprint density at radius 2 is 1.53 bits per heavy atom. The van der Waals surface area contributed by atoms with Crippen molar-refractivity contribution in [1.29, 1.82) is 0 Å². The van der Waals surface area contributed by atoms with Gasteiger partial charge in [0.05, 0.1) is 10.6 Å². The number of amides is 1. The van der Waals surface area contributed by atoms with Crippen molar-refractivity contribution in [1.82, 2.24) is 4.31 Å². The van der Waals surface area contributed by atoms with Crippen LogP contribution < -0.4 is 10.0 Å². The zero-order chi connectivity index (χ0) is 25.8. The van der Waals surface area contributed by atoms with Crippen LogP contribution in [0.1, 0.15) is 18.4 Å². The molecule has 11 heteroatoms. The fourth-order valence-electron chi connectivity index (χ4n) is 4.01. The largest absolute Gasteiger partial charge is 0.326 e. The highest BCUT2D eigenvalue weighted by Gasteiger charge is 2.31. The maximum absolute atomic E-state index is 12.8. The molecule has 0 spiro atoms. The molecule has 1 fully saturated rings. The SMILES string of the molecule is O=C(Nc1ccc(S(=O)(=O)Nc2ccccc2)cc1)C1CCN(S(=O)(=O)Cc2cccc(Cl)c2)CC1. The van der Waals surface area contributed by atoms with Gasteiger partial charge < -0.3 is 5.32 Å². The number of piperidine rings is 1. The number of benzene rings is 3. The topological polar surface area (TPSA) is 113 Å². The lowest BCUT2D eigenvalue weighted by molar-refractivity contribution is -0.120. The highest BCUT2D eigenvalue weighted by Crippen LogP contribution is 2.24. The molecule has 3 aromatic rings. The Labute approximate surface area is 216 Å². The Balaban J connectivity index is 1.31. The molecule has 0 aliphatic carbocycles. The molecule has 0 bridgehead atoms. The first-order chi connectivity index (χ1) is 17.1. The normalized spacial score (nSPS) is 15.4. The molecule has 1 aliphatic heterocycles. The minimum absolute atomic E-state index is 0.0718. The Bertz CT molecular complexity index is 1420. The monoisotopic (exact) mass is 547 g/mol. The summed E-state index contributed by atoms with van der Waals surface area (Å²) >= 11 is 5.96. The van der Waals surface area contributed by atoms with E-state index in [1.807, 2.05) is 0 Å². The molecule has 1 heterocycles. The molecular weight excluding hydrogens is 522 g/mol. The van der Waals surface area contributed by atoms with E-state index in [9.17, 15) is 21.6 Å².